The Morgan fingerprint density at radius 1 is 1.27 bits per heavy atom. The molecule has 0 radical (unpaired) electrons. The minimum atomic E-state index is -0.553. The summed E-state index contributed by atoms with van der Waals surface area (Å²) in [6.07, 6.45) is 0. The summed E-state index contributed by atoms with van der Waals surface area (Å²) in [4.78, 5) is 21.3. The van der Waals surface area contributed by atoms with Gasteiger partial charge in [-0.3, -0.25) is 9.59 Å². The molecule has 6 heteroatoms. The third-order valence-corrected chi connectivity index (χ3v) is 1.79. The Morgan fingerprint density at radius 2 is 1.93 bits per heavy atom. The number of nitrogen functional groups attached to an aromatic ring is 1. The molecule has 6 nitrogen and oxygen atoms in total. The van der Waals surface area contributed by atoms with E-state index in [1.807, 2.05) is 0 Å². The van der Waals surface area contributed by atoms with E-state index in [4.69, 9.17) is 17.2 Å². The predicted octanol–water partition coefficient (Wildman–Crippen LogP) is -0.735. The second kappa shape index (κ2) is 4.32. The first-order chi connectivity index (χ1) is 7.00. The molecular weight excluding hydrogens is 196 g/mol. The van der Waals surface area contributed by atoms with Crippen LogP contribution < -0.4 is 22.5 Å². The second-order valence-corrected chi connectivity index (χ2v) is 2.99. The van der Waals surface area contributed by atoms with E-state index in [0.29, 0.717) is 16.9 Å². The number of primary amides is 2. The maximum absolute atomic E-state index is 10.8. The average Bonchev–Trinajstić information content (AvgIpc) is 2.15. The first-order valence-corrected chi connectivity index (χ1v) is 4.22. The van der Waals surface area contributed by atoms with E-state index >= 15 is 0 Å². The lowest BCUT2D eigenvalue weighted by molar-refractivity contribution is -0.116. The molecule has 0 aliphatic carbocycles. The van der Waals surface area contributed by atoms with Crippen LogP contribution >= 0.6 is 0 Å². The number of hydrogen-bond donors (Lipinski definition) is 4. The van der Waals surface area contributed by atoms with Crippen LogP contribution in [0.4, 0.5) is 11.4 Å². The SMILES string of the molecule is NC(=O)CNc1ccc(C(N)=O)cc1N. The smallest absolute Gasteiger partial charge is 0.248 e. The lowest BCUT2D eigenvalue weighted by atomic mass is 10.1. The monoisotopic (exact) mass is 208 g/mol. The lowest BCUT2D eigenvalue weighted by Crippen LogP contribution is -2.22. The van der Waals surface area contributed by atoms with Gasteiger partial charge in [0.2, 0.25) is 11.8 Å². The van der Waals surface area contributed by atoms with Crippen molar-refractivity contribution in [1.82, 2.24) is 0 Å². The number of rotatable bonds is 4. The summed E-state index contributed by atoms with van der Waals surface area (Å²) in [6.45, 7) is -0.0138. The number of anilines is 2. The zero-order valence-corrected chi connectivity index (χ0v) is 7.99. The molecule has 0 bridgehead atoms. The van der Waals surface area contributed by atoms with E-state index in [2.05, 4.69) is 5.32 Å². The van der Waals surface area contributed by atoms with Crippen molar-refractivity contribution >= 4 is 23.2 Å². The van der Waals surface area contributed by atoms with Gasteiger partial charge in [0.25, 0.3) is 0 Å². The number of carbonyl (C=O) groups is 2. The molecule has 0 atom stereocenters. The summed E-state index contributed by atoms with van der Waals surface area (Å²) in [6, 6.07) is 4.52. The van der Waals surface area contributed by atoms with Crippen LogP contribution in [0.15, 0.2) is 18.2 Å². The highest BCUT2D eigenvalue weighted by Gasteiger charge is 2.04. The van der Waals surface area contributed by atoms with E-state index < -0.39 is 11.8 Å². The Bertz CT molecular complexity index is 403. The summed E-state index contributed by atoms with van der Waals surface area (Å²) in [5.74, 6) is -1.04. The summed E-state index contributed by atoms with van der Waals surface area (Å²) >= 11 is 0. The first-order valence-electron chi connectivity index (χ1n) is 4.22. The molecule has 0 aromatic heterocycles. The van der Waals surface area contributed by atoms with Crippen LogP contribution in [-0.2, 0) is 4.79 Å². The van der Waals surface area contributed by atoms with E-state index in [-0.39, 0.29) is 6.54 Å². The molecule has 0 fully saturated rings. The fourth-order valence-corrected chi connectivity index (χ4v) is 1.06. The van der Waals surface area contributed by atoms with Crippen LogP contribution in [0.25, 0.3) is 0 Å². The van der Waals surface area contributed by atoms with Crippen molar-refractivity contribution < 1.29 is 9.59 Å². The van der Waals surface area contributed by atoms with Crippen LogP contribution in [0.2, 0.25) is 0 Å². The van der Waals surface area contributed by atoms with Crippen LogP contribution in [0.5, 0.6) is 0 Å². The lowest BCUT2D eigenvalue weighted by Gasteiger charge is -2.08. The zero-order chi connectivity index (χ0) is 11.4. The molecule has 15 heavy (non-hydrogen) atoms. The van der Waals surface area contributed by atoms with Crippen LogP contribution in [0.1, 0.15) is 10.4 Å². The van der Waals surface area contributed by atoms with Gasteiger partial charge in [0.15, 0.2) is 0 Å². The Kier molecular flexibility index (Phi) is 3.12. The number of carbonyl (C=O) groups excluding carboxylic acids is 2. The quantitative estimate of drug-likeness (QED) is 0.486. The minimum absolute atomic E-state index is 0.0138. The van der Waals surface area contributed by atoms with E-state index in [0.717, 1.165) is 0 Å². The molecule has 2 amide bonds. The molecule has 1 aromatic carbocycles. The third-order valence-electron chi connectivity index (χ3n) is 1.79. The maximum atomic E-state index is 10.8. The standard InChI is InChI=1S/C9H12N4O2/c10-6-3-5(9(12)15)1-2-7(6)13-4-8(11)14/h1-3,13H,4,10H2,(H2,11,14)(H2,12,15). The van der Waals surface area contributed by atoms with Crippen molar-refractivity contribution in [2.24, 2.45) is 11.5 Å². The van der Waals surface area contributed by atoms with Gasteiger partial charge in [-0.15, -0.1) is 0 Å². The van der Waals surface area contributed by atoms with Gasteiger partial charge in [-0.25, -0.2) is 0 Å². The summed E-state index contributed by atoms with van der Waals surface area (Å²) in [5.41, 5.74) is 16.8. The fourth-order valence-electron chi connectivity index (χ4n) is 1.06. The molecular formula is C9H12N4O2. The van der Waals surface area contributed by atoms with Gasteiger partial charge < -0.3 is 22.5 Å². The predicted molar refractivity (Wildman–Crippen MR) is 57.1 cm³/mol. The Morgan fingerprint density at radius 3 is 2.40 bits per heavy atom. The molecule has 7 N–H and O–H groups in total. The van der Waals surface area contributed by atoms with Crippen molar-refractivity contribution in [3.63, 3.8) is 0 Å². The van der Waals surface area contributed by atoms with Crippen molar-refractivity contribution in [3.05, 3.63) is 23.8 Å². The molecule has 80 valence electrons. The van der Waals surface area contributed by atoms with E-state index in [9.17, 15) is 9.59 Å². The third kappa shape index (κ3) is 2.87. The van der Waals surface area contributed by atoms with Gasteiger partial charge >= 0.3 is 0 Å². The normalized spacial score (nSPS) is 9.60. The van der Waals surface area contributed by atoms with E-state index in [1.54, 1.807) is 6.07 Å². The van der Waals surface area contributed by atoms with Crippen molar-refractivity contribution in [1.29, 1.82) is 0 Å². The number of amides is 2. The first kappa shape index (κ1) is 10.8. The number of benzene rings is 1. The number of nitrogens with two attached hydrogens (primary N) is 3. The molecule has 0 saturated carbocycles. The fraction of sp³-hybridized carbons (Fsp3) is 0.111. The maximum Gasteiger partial charge on any atom is 0.248 e. The Balaban J connectivity index is 2.83. The average molecular weight is 208 g/mol. The highest BCUT2D eigenvalue weighted by atomic mass is 16.1. The van der Waals surface area contributed by atoms with Gasteiger partial charge in [-0.2, -0.15) is 0 Å². The van der Waals surface area contributed by atoms with Crippen molar-refractivity contribution in [3.8, 4) is 0 Å². The number of hydrogen-bond acceptors (Lipinski definition) is 4. The molecule has 0 aliphatic heterocycles. The Labute approximate surface area is 86.4 Å². The van der Waals surface area contributed by atoms with E-state index in [1.165, 1.54) is 12.1 Å². The molecule has 0 heterocycles. The van der Waals surface area contributed by atoms with Gasteiger partial charge in [-0.05, 0) is 18.2 Å². The van der Waals surface area contributed by atoms with Crippen molar-refractivity contribution in [2.45, 2.75) is 0 Å². The van der Waals surface area contributed by atoms with Crippen LogP contribution in [0, 0.1) is 0 Å². The summed E-state index contributed by atoms with van der Waals surface area (Å²) in [7, 11) is 0. The van der Waals surface area contributed by atoms with Gasteiger partial charge in [0.05, 0.1) is 17.9 Å². The van der Waals surface area contributed by atoms with Crippen LogP contribution in [0.3, 0.4) is 0 Å². The minimum Gasteiger partial charge on any atom is -0.397 e. The van der Waals surface area contributed by atoms with Crippen molar-refractivity contribution in [2.75, 3.05) is 17.6 Å². The van der Waals surface area contributed by atoms with Gasteiger partial charge in [-0.1, -0.05) is 0 Å². The van der Waals surface area contributed by atoms with Gasteiger partial charge in [0, 0.05) is 5.56 Å². The zero-order valence-electron chi connectivity index (χ0n) is 7.99. The second-order valence-electron chi connectivity index (χ2n) is 2.99. The number of nitrogens with one attached hydrogen (secondary N) is 1. The highest BCUT2D eigenvalue weighted by Crippen LogP contribution is 2.19. The largest absolute Gasteiger partial charge is 0.397 e. The molecule has 0 saturated heterocycles. The highest BCUT2D eigenvalue weighted by molar-refractivity contribution is 5.95. The van der Waals surface area contributed by atoms with Crippen LogP contribution in [-0.4, -0.2) is 18.4 Å². The molecule has 0 aliphatic rings. The molecule has 0 spiro atoms. The summed E-state index contributed by atoms with van der Waals surface area (Å²) in [5, 5.41) is 2.73. The summed E-state index contributed by atoms with van der Waals surface area (Å²) < 4.78 is 0. The Hall–Kier alpha value is -2.24. The topological polar surface area (TPSA) is 124 Å². The molecule has 1 rings (SSSR count). The molecule has 0 unspecified atom stereocenters. The van der Waals surface area contributed by atoms with Gasteiger partial charge in [0.1, 0.15) is 0 Å². The molecule has 1 aromatic rings.